The van der Waals surface area contributed by atoms with Crippen LogP contribution in [0.3, 0.4) is 0 Å². The van der Waals surface area contributed by atoms with Crippen LogP contribution < -0.4 is 0 Å². The number of hydrogen-bond donors (Lipinski definition) is 1. The third-order valence-corrected chi connectivity index (χ3v) is 4.04. The van der Waals surface area contributed by atoms with Crippen molar-refractivity contribution in [3.05, 3.63) is 24.5 Å². The van der Waals surface area contributed by atoms with E-state index in [1.165, 1.54) is 77.0 Å². The first-order chi connectivity index (χ1) is 10.2. The van der Waals surface area contributed by atoms with E-state index in [1.807, 2.05) is 0 Å². The van der Waals surface area contributed by atoms with Gasteiger partial charge in [0.15, 0.2) is 0 Å². The molecule has 0 radical (unpaired) electrons. The van der Waals surface area contributed by atoms with Gasteiger partial charge in [0.25, 0.3) is 0 Å². The standard InChI is InChI=1S/C20H38O/c1-4-5-6-7-8-9-10-11-12-13-14-15-16-17-19(2)18-20(3)21/h7-8,19,21H,3-6,9-18H2,1-2H3/b8-7-. The molecule has 0 aromatic heterocycles. The molecule has 0 aromatic carbocycles. The predicted molar refractivity (Wildman–Crippen MR) is 95.8 cm³/mol. The quantitative estimate of drug-likeness (QED) is 0.190. The van der Waals surface area contributed by atoms with Crippen molar-refractivity contribution in [1.29, 1.82) is 0 Å². The minimum atomic E-state index is 0.339. The molecule has 1 unspecified atom stereocenters. The lowest BCUT2D eigenvalue weighted by atomic mass is 9.98. The van der Waals surface area contributed by atoms with Gasteiger partial charge in [0, 0.05) is 6.42 Å². The van der Waals surface area contributed by atoms with E-state index in [0.29, 0.717) is 11.7 Å². The Kier molecular flexibility index (Phi) is 15.1. The molecule has 0 aromatic rings. The molecule has 0 saturated carbocycles. The third-order valence-electron chi connectivity index (χ3n) is 4.04. The van der Waals surface area contributed by atoms with Crippen molar-refractivity contribution in [3.63, 3.8) is 0 Å². The van der Waals surface area contributed by atoms with Crippen LogP contribution in [0.4, 0.5) is 0 Å². The van der Waals surface area contributed by atoms with Gasteiger partial charge in [0.1, 0.15) is 0 Å². The summed E-state index contributed by atoms with van der Waals surface area (Å²) in [6.07, 6.45) is 21.4. The van der Waals surface area contributed by atoms with Gasteiger partial charge in [0.05, 0.1) is 5.76 Å². The fraction of sp³-hybridized carbons (Fsp3) is 0.800. The number of allylic oxidation sites excluding steroid dienone is 3. The fourth-order valence-corrected chi connectivity index (χ4v) is 2.70. The van der Waals surface area contributed by atoms with Crippen molar-refractivity contribution in [2.75, 3.05) is 0 Å². The Balaban J connectivity index is 3.15. The van der Waals surface area contributed by atoms with Crippen molar-refractivity contribution in [2.45, 2.75) is 97.3 Å². The lowest BCUT2D eigenvalue weighted by Gasteiger charge is -2.09. The highest BCUT2D eigenvalue weighted by atomic mass is 16.3. The summed E-state index contributed by atoms with van der Waals surface area (Å²) in [6, 6.07) is 0. The summed E-state index contributed by atoms with van der Waals surface area (Å²) in [7, 11) is 0. The first-order valence-electron chi connectivity index (χ1n) is 9.18. The molecule has 0 saturated heterocycles. The van der Waals surface area contributed by atoms with Crippen LogP contribution in [0.1, 0.15) is 97.3 Å². The first kappa shape index (κ1) is 20.3. The number of aliphatic hydroxyl groups excluding tert-OH is 1. The van der Waals surface area contributed by atoms with E-state index < -0.39 is 0 Å². The zero-order valence-corrected chi connectivity index (χ0v) is 14.6. The number of unbranched alkanes of at least 4 members (excludes halogenated alkanes) is 9. The van der Waals surface area contributed by atoms with Gasteiger partial charge in [-0.05, 0) is 25.2 Å². The van der Waals surface area contributed by atoms with E-state index in [4.69, 9.17) is 5.11 Å². The van der Waals surface area contributed by atoms with E-state index in [9.17, 15) is 0 Å². The zero-order valence-electron chi connectivity index (χ0n) is 14.6. The second-order valence-corrected chi connectivity index (χ2v) is 6.54. The Bertz CT molecular complexity index is 255. The lowest BCUT2D eigenvalue weighted by molar-refractivity contribution is 0.348. The molecule has 21 heavy (non-hydrogen) atoms. The zero-order chi connectivity index (χ0) is 15.8. The van der Waals surface area contributed by atoms with Crippen LogP contribution in [0, 0.1) is 5.92 Å². The maximum absolute atomic E-state index is 9.13. The minimum absolute atomic E-state index is 0.339. The molecule has 1 nitrogen and oxygen atoms in total. The first-order valence-corrected chi connectivity index (χ1v) is 9.18. The van der Waals surface area contributed by atoms with Gasteiger partial charge in [-0.2, -0.15) is 0 Å². The molecule has 0 aliphatic rings. The molecule has 0 rings (SSSR count). The van der Waals surface area contributed by atoms with Crippen LogP contribution in [0.5, 0.6) is 0 Å². The maximum atomic E-state index is 9.13. The number of hydrogen-bond acceptors (Lipinski definition) is 1. The Morgan fingerprint density at radius 3 is 2.00 bits per heavy atom. The summed E-state index contributed by atoms with van der Waals surface area (Å²) in [5, 5.41) is 9.13. The van der Waals surface area contributed by atoms with Gasteiger partial charge in [-0.15, -0.1) is 0 Å². The second-order valence-electron chi connectivity index (χ2n) is 6.54. The molecule has 1 atom stereocenters. The van der Waals surface area contributed by atoms with Crippen molar-refractivity contribution >= 4 is 0 Å². The van der Waals surface area contributed by atoms with Crippen LogP contribution in [0.15, 0.2) is 24.5 Å². The van der Waals surface area contributed by atoms with Crippen LogP contribution >= 0.6 is 0 Å². The molecule has 0 fully saturated rings. The predicted octanol–water partition coefficient (Wildman–Crippen LogP) is 7.34. The molecule has 0 aliphatic carbocycles. The summed E-state index contributed by atoms with van der Waals surface area (Å²) in [4.78, 5) is 0. The monoisotopic (exact) mass is 294 g/mol. The molecule has 1 heteroatoms. The van der Waals surface area contributed by atoms with Gasteiger partial charge in [-0.3, -0.25) is 0 Å². The minimum Gasteiger partial charge on any atom is -0.513 e. The normalized spacial score (nSPS) is 12.9. The smallest absolute Gasteiger partial charge is 0.0853 e. The summed E-state index contributed by atoms with van der Waals surface area (Å²) in [6.45, 7) is 8.01. The molecule has 0 bridgehead atoms. The van der Waals surface area contributed by atoms with Gasteiger partial charge in [-0.25, -0.2) is 0 Å². The average Bonchev–Trinajstić information content (AvgIpc) is 2.43. The summed E-state index contributed by atoms with van der Waals surface area (Å²) in [5.74, 6) is 0.924. The molecule has 0 spiro atoms. The van der Waals surface area contributed by atoms with Crippen molar-refractivity contribution in [1.82, 2.24) is 0 Å². The fourth-order valence-electron chi connectivity index (χ4n) is 2.70. The van der Waals surface area contributed by atoms with E-state index in [-0.39, 0.29) is 0 Å². The largest absolute Gasteiger partial charge is 0.513 e. The highest BCUT2D eigenvalue weighted by molar-refractivity contribution is 4.81. The van der Waals surface area contributed by atoms with Crippen LogP contribution in [-0.4, -0.2) is 5.11 Å². The van der Waals surface area contributed by atoms with Crippen LogP contribution in [0.25, 0.3) is 0 Å². The van der Waals surface area contributed by atoms with Crippen LogP contribution in [-0.2, 0) is 0 Å². The maximum Gasteiger partial charge on any atom is 0.0853 e. The number of aliphatic hydroxyl groups is 1. The summed E-state index contributed by atoms with van der Waals surface area (Å²) in [5.41, 5.74) is 0. The van der Waals surface area contributed by atoms with Gasteiger partial charge in [0.2, 0.25) is 0 Å². The second kappa shape index (κ2) is 15.7. The summed E-state index contributed by atoms with van der Waals surface area (Å²) < 4.78 is 0. The molecule has 0 amide bonds. The topological polar surface area (TPSA) is 20.2 Å². The van der Waals surface area contributed by atoms with E-state index >= 15 is 0 Å². The Morgan fingerprint density at radius 1 is 0.905 bits per heavy atom. The summed E-state index contributed by atoms with van der Waals surface area (Å²) >= 11 is 0. The molecule has 124 valence electrons. The highest BCUT2D eigenvalue weighted by Gasteiger charge is 2.03. The Morgan fingerprint density at radius 2 is 1.43 bits per heavy atom. The third kappa shape index (κ3) is 17.2. The Labute approximate surface area is 133 Å². The van der Waals surface area contributed by atoms with Crippen LogP contribution in [0.2, 0.25) is 0 Å². The molecule has 0 heterocycles. The lowest BCUT2D eigenvalue weighted by Crippen LogP contribution is -1.96. The van der Waals surface area contributed by atoms with Gasteiger partial charge in [-0.1, -0.05) is 90.4 Å². The molecule has 0 aliphatic heterocycles. The molecule has 1 N–H and O–H groups in total. The van der Waals surface area contributed by atoms with Crippen molar-refractivity contribution in [2.24, 2.45) is 5.92 Å². The van der Waals surface area contributed by atoms with Crippen molar-refractivity contribution < 1.29 is 5.11 Å². The Hall–Kier alpha value is -0.720. The van der Waals surface area contributed by atoms with E-state index in [2.05, 4.69) is 32.6 Å². The van der Waals surface area contributed by atoms with Gasteiger partial charge >= 0.3 is 0 Å². The highest BCUT2D eigenvalue weighted by Crippen LogP contribution is 2.17. The van der Waals surface area contributed by atoms with E-state index in [0.717, 1.165) is 6.42 Å². The van der Waals surface area contributed by atoms with E-state index in [1.54, 1.807) is 0 Å². The molecular weight excluding hydrogens is 256 g/mol. The number of rotatable bonds is 15. The van der Waals surface area contributed by atoms with Crippen molar-refractivity contribution in [3.8, 4) is 0 Å². The average molecular weight is 295 g/mol. The molecular formula is C20H38O. The SMILES string of the molecule is C=C(O)CC(C)CCCCCCCCC/C=C\CCCC. The van der Waals surface area contributed by atoms with Gasteiger partial charge < -0.3 is 5.11 Å².